The molecule has 3 nitrogen and oxygen atoms in total. The van der Waals surface area contributed by atoms with Crippen molar-refractivity contribution in [1.82, 2.24) is 0 Å². The molecule has 0 amide bonds. The summed E-state index contributed by atoms with van der Waals surface area (Å²) in [4.78, 5) is 12.0. The van der Waals surface area contributed by atoms with Gasteiger partial charge in [0.25, 0.3) is 0 Å². The molecule has 0 bridgehead atoms. The fraction of sp³-hybridized carbons (Fsp3) is 0.769. The molecule has 0 N–H and O–H groups in total. The molecule has 0 radical (unpaired) electrons. The molecule has 2 saturated heterocycles. The molecule has 2 fully saturated rings. The molecule has 0 aliphatic carbocycles. The molecule has 2 unspecified atom stereocenters. The molecule has 90 valence electrons. The predicted octanol–water partition coefficient (Wildman–Crippen LogP) is 2.11. The van der Waals surface area contributed by atoms with Gasteiger partial charge in [-0.2, -0.15) is 0 Å². The summed E-state index contributed by atoms with van der Waals surface area (Å²) in [5, 5.41) is 0. The molecule has 2 rings (SSSR count). The van der Waals surface area contributed by atoms with Gasteiger partial charge in [0.1, 0.15) is 0 Å². The van der Waals surface area contributed by atoms with Crippen LogP contribution < -0.4 is 0 Å². The van der Waals surface area contributed by atoms with Crippen LogP contribution in [0, 0.1) is 5.92 Å². The highest BCUT2D eigenvalue weighted by Gasteiger charge is 2.42. The first-order chi connectivity index (χ1) is 7.61. The molecule has 3 heteroatoms. The Kier molecular flexibility index (Phi) is 3.45. The number of carbonyl (C=O) groups excluding carboxylic acids is 1. The van der Waals surface area contributed by atoms with Gasteiger partial charge in [0, 0.05) is 25.6 Å². The van der Waals surface area contributed by atoms with Crippen LogP contribution in [0.25, 0.3) is 0 Å². The van der Waals surface area contributed by atoms with Crippen molar-refractivity contribution in [3.05, 3.63) is 11.6 Å². The smallest absolute Gasteiger partial charge is 0.158 e. The second-order valence-corrected chi connectivity index (χ2v) is 5.15. The zero-order chi connectivity index (χ0) is 11.6. The van der Waals surface area contributed by atoms with E-state index in [9.17, 15) is 4.79 Å². The average Bonchev–Trinajstić information content (AvgIpc) is 2.65. The van der Waals surface area contributed by atoms with Crippen molar-refractivity contribution < 1.29 is 14.3 Å². The summed E-state index contributed by atoms with van der Waals surface area (Å²) < 4.78 is 11.2. The number of ether oxygens (including phenoxy) is 2. The summed E-state index contributed by atoms with van der Waals surface area (Å²) in [6.45, 7) is 6.04. The first-order valence-electron chi connectivity index (χ1n) is 6.02. The molecule has 2 atom stereocenters. The van der Waals surface area contributed by atoms with Gasteiger partial charge < -0.3 is 9.47 Å². The van der Waals surface area contributed by atoms with E-state index in [-0.39, 0.29) is 17.3 Å². The molecule has 0 aromatic carbocycles. The summed E-state index contributed by atoms with van der Waals surface area (Å²) in [5.41, 5.74) is 0.918. The van der Waals surface area contributed by atoms with Gasteiger partial charge >= 0.3 is 0 Å². The molecular formula is C13H20O3. The average molecular weight is 224 g/mol. The van der Waals surface area contributed by atoms with E-state index in [1.165, 1.54) is 0 Å². The van der Waals surface area contributed by atoms with Crippen LogP contribution in [0.2, 0.25) is 0 Å². The minimum atomic E-state index is -0.159. The van der Waals surface area contributed by atoms with Crippen molar-refractivity contribution in [1.29, 1.82) is 0 Å². The SMILES string of the molecule is CC(C)=CC(=O)C1CCOC2(CCOC2)C1. The predicted molar refractivity (Wildman–Crippen MR) is 61.3 cm³/mol. The Morgan fingerprint density at radius 3 is 2.81 bits per heavy atom. The standard InChI is InChI=1S/C13H20O3/c1-10(2)7-12(14)11-3-5-16-13(8-11)4-6-15-9-13/h7,11H,3-6,8-9H2,1-2H3. The summed E-state index contributed by atoms with van der Waals surface area (Å²) >= 11 is 0. The van der Waals surface area contributed by atoms with Crippen LogP contribution in [-0.4, -0.2) is 31.2 Å². The van der Waals surface area contributed by atoms with Gasteiger partial charge in [-0.05, 0) is 32.8 Å². The van der Waals surface area contributed by atoms with Crippen LogP contribution in [0.5, 0.6) is 0 Å². The molecule has 0 aromatic heterocycles. The van der Waals surface area contributed by atoms with Crippen molar-refractivity contribution >= 4 is 5.78 Å². The summed E-state index contributed by atoms with van der Waals surface area (Å²) in [5.74, 6) is 0.389. The lowest BCUT2D eigenvalue weighted by Gasteiger charge is -2.36. The monoisotopic (exact) mass is 224 g/mol. The summed E-state index contributed by atoms with van der Waals surface area (Å²) in [7, 11) is 0. The number of carbonyl (C=O) groups is 1. The van der Waals surface area contributed by atoms with E-state index in [1.54, 1.807) is 6.08 Å². The fourth-order valence-corrected chi connectivity index (χ4v) is 2.54. The molecule has 0 saturated carbocycles. The van der Waals surface area contributed by atoms with E-state index in [0.29, 0.717) is 13.2 Å². The van der Waals surface area contributed by atoms with Gasteiger partial charge in [-0.25, -0.2) is 0 Å². The van der Waals surface area contributed by atoms with Crippen molar-refractivity contribution in [3.8, 4) is 0 Å². The molecular weight excluding hydrogens is 204 g/mol. The second-order valence-electron chi connectivity index (χ2n) is 5.15. The molecule has 2 aliphatic heterocycles. The zero-order valence-corrected chi connectivity index (χ0v) is 10.1. The highest BCUT2D eigenvalue weighted by atomic mass is 16.6. The maximum Gasteiger partial charge on any atom is 0.158 e. The lowest BCUT2D eigenvalue weighted by Crippen LogP contribution is -2.42. The third-order valence-electron chi connectivity index (χ3n) is 3.39. The summed E-state index contributed by atoms with van der Waals surface area (Å²) in [6, 6.07) is 0. The number of allylic oxidation sites excluding steroid dienone is 2. The normalized spacial score (nSPS) is 34.0. The Morgan fingerprint density at radius 1 is 1.38 bits per heavy atom. The highest BCUT2D eigenvalue weighted by Crippen LogP contribution is 2.36. The van der Waals surface area contributed by atoms with Gasteiger partial charge in [-0.3, -0.25) is 4.79 Å². The number of hydrogen-bond donors (Lipinski definition) is 0. The molecule has 2 aliphatic rings. The lowest BCUT2D eigenvalue weighted by molar-refractivity contribution is -0.132. The first kappa shape index (κ1) is 11.8. The number of rotatable bonds is 2. The maximum absolute atomic E-state index is 12.0. The first-order valence-corrected chi connectivity index (χ1v) is 6.02. The quantitative estimate of drug-likeness (QED) is 0.674. The van der Waals surface area contributed by atoms with E-state index < -0.39 is 0 Å². The maximum atomic E-state index is 12.0. The minimum Gasteiger partial charge on any atom is -0.378 e. The largest absolute Gasteiger partial charge is 0.378 e. The second kappa shape index (κ2) is 4.68. The van der Waals surface area contributed by atoms with E-state index >= 15 is 0 Å². The Bertz CT molecular complexity index is 296. The highest BCUT2D eigenvalue weighted by molar-refractivity contribution is 5.92. The van der Waals surface area contributed by atoms with E-state index in [4.69, 9.17) is 9.47 Å². The Balaban J connectivity index is 2.01. The van der Waals surface area contributed by atoms with Gasteiger partial charge in [-0.1, -0.05) is 5.57 Å². The zero-order valence-electron chi connectivity index (χ0n) is 10.1. The van der Waals surface area contributed by atoms with Crippen molar-refractivity contribution in [2.24, 2.45) is 5.92 Å². The van der Waals surface area contributed by atoms with Crippen LogP contribution in [0.15, 0.2) is 11.6 Å². The van der Waals surface area contributed by atoms with Crippen molar-refractivity contribution in [3.63, 3.8) is 0 Å². The van der Waals surface area contributed by atoms with Gasteiger partial charge in [0.15, 0.2) is 5.78 Å². The third-order valence-corrected chi connectivity index (χ3v) is 3.39. The van der Waals surface area contributed by atoms with Crippen molar-refractivity contribution in [2.45, 2.75) is 38.7 Å². The van der Waals surface area contributed by atoms with E-state index in [2.05, 4.69) is 0 Å². The van der Waals surface area contributed by atoms with Crippen molar-refractivity contribution in [2.75, 3.05) is 19.8 Å². The molecule has 1 spiro atoms. The van der Waals surface area contributed by atoms with E-state index in [1.807, 2.05) is 13.8 Å². The molecule has 0 aromatic rings. The van der Waals surface area contributed by atoms with Gasteiger partial charge in [0.05, 0.1) is 12.2 Å². The van der Waals surface area contributed by atoms with Crippen LogP contribution in [0.4, 0.5) is 0 Å². The Labute approximate surface area is 96.8 Å². The van der Waals surface area contributed by atoms with Crippen LogP contribution in [0.1, 0.15) is 33.1 Å². The summed E-state index contributed by atoms with van der Waals surface area (Å²) in [6.07, 6.45) is 4.38. The molecule has 16 heavy (non-hydrogen) atoms. The van der Waals surface area contributed by atoms with Crippen LogP contribution >= 0.6 is 0 Å². The molecule has 2 heterocycles. The van der Waals surface area contributed by atoms with Gasteiger partial charge in [0.2, 0.25) is 0 Å². The Hall–Kier alpha value is -0.670. The van der Waals surface area contributed by atoms with Crippen LogP contribution in [-0.2, 0) is 14.3 Å². The fourth-order valence-electron chi connectivity index (χ4n) is 2.54. The third kappa shape index (κ3) is 2.53. The van der Waals surface area contributed by atoms with Gasteiger partial charge in [-0.15, -0.1) is 0 Å². The Morgan fingerprint density at radius 2 is 2.19 bits per heavy atom. The van der Waals surface area contributed by atoms with Crippen LogP contribution in [0.3, 0.4) is 0 Å². The number of hydrogen-bond acceptors (Lipinski definition) is 3. The topological polar surface area (TPSA) is 35.5 Å². The lowest BCUT2D eigenvalue weighted by atomic mass is 9.82. The van der Waals surface area contributed by atoms with E-state index in [0.717, 1.165) is 31.4 Å². The number of ketones is 1. The minimum absolute atomic E-state index is 0.130.